The predicted molar refractivity (Wildman–Crippen MR) is 95.4 cm³/mol. The van der Waals surface area contributed by atoms with Gasteiger partial charge in [0, 0.05) is 13.0 Å². The quantitative estimate of drug-likeness (QED) is 0.217. The van der Waals surface area contributed by atoms with E-state index in [2.05, 4.69) is 10.6 Å². The highest BCUT2D eigenvalue weighted by Gasteiger charge is 2.37. The lowest BCUT2D eigenvalue weighted by atomic mass is 10.1. The minimum atomic E-state index is -1.33. The highest BCUT2D eigenvalue weighted by molar-refractivity contribution is 5.93. The summed E-state index contributed by atoms with van der Waals surface area (Å²) in [6.07, 6.45) is -0.520. The topological polar surface area (TPSA) is 205 Å². The number of carboxylic acids is 1. The number of carbonyl (C=O) groups excluding carboxylic acids is 4. The number of hydrogen-bond donors (Lipinski definition) is 6. The summed E-state index contributed by atoms with van der Waals surface area (Å²) in [6.45, 7) is 1.17. The highest BCUT2D eigenvalue weighted by atomic mass is 16.4. The molecular formula is C16H27N5O7. The first-order valence-electron chi connectivity index (χ1n) is 8.87. The van der Waals surface area contributed by atoms with Crippen molar-refractivity contribution in [3.63, 3.8) is 0 Å². The molecule has 12 heteroatoms. The van der Waals surface area contributed by atoms with E-state index in [0.717, 1.165) is 0 Å². The van der Waals surface area contributed by atoms with E-state index < -0.39 is 60.4 Å². The Morgan fingerprint density at radius 3 is 2.43 bits per heavy atom. The second-order valence-electron chi connectivity index (χ2n) is 6.64. The Kier molecular flexibility index (Phi) is 8.79. The molecule has 1 heterocycles. The molecule has 0 aromatic rings. The monoisotopic (exact) mass is 401 g/mol. The van der Waals surface area contributed by atoms with Crippen LogP contribution in [-0.2, 0) is 24.0 Å². The number of likely N-dealkylation sites (tertiary alicyclic amines) is 1. The molecule has 158 valence electrons. The number of rotatable bonds is 10. The Morgan fingerprint density at radius 1 is 1.25 bits per heavy atom. The maximum absolute atomic E-state index is 12.3. The molecule has 0 aromatic heterocycles. The molecule has 8 N–H and O–H groups in total. The second-order valence-corrected chi connectivity index (χ2v) is 6.64. The normalized spacial score (nSPS) is 19.4. The van der Waals surface area contributed by atoms with Gasteiger partial charge in [0.15, 0.2) is 0 Å². The van der Waals surface area contributed by atoms with Gasteiger partial charge in [-0.15, -0.1) is 0 Å². The third-order valence-electron chi connectivity index (χ3n) is 4.38. The zero-order valence-corrected chi connectivity index (χ0v) is 15.6. The van der Waals surface area contributed by atoms with Crippen molar-refractivity contribution < 1.29 is 34.2 Å². The van der Waals surface area contributed by atoms with Crippen LogP contribution in [0.3, 0.4) is 0 Å². The van der Waals surface area contributed by atoms with Gasteiger partial charge in [-0.25, -0.2) is 4.79 Å². The number of nitrogens with zero attached hydrogens (tertiary/aromatic N) is 1. The van der Waals surface area contributed by atoms with Crippen molar-refractivity contribution in [1.82, 2.24) is 15.5 Å². The average molecular weight is 401 g/mol. The first-order valence-corrected chi connectivity index (χ1v) is 8.87. The van der Waals surface area contributed by atoms with Gasteiger partial charge < -0.3 is 37.2 Å². The maximum Gasteiger partial charge on any atom is 0.326 e. The number of carbonyl (C=O) groups is 5. The van der Waals surface area contributed by atoms with Gasteiger partial charge >= 0.3 is 5.97 Å². The van der Waals surface area contributed by atoms with Gasteiger partial charge in [-0.05, 0) is 26.2 Å². The molecule has 1 rings (SSSR count). The van der Waals surface area contributed by atoms with Crippen molar-refractivity contribution in [3.8, 4) is 0 Å². The van der Waals surface area contributed by atoms with E-state index in [-0.39, 0.29) is 12.8 Å². The fourth-order valence-corrected chi connectivity index (χ4v) is 2.78. The van der Waals surface area contributed by atoms with E-state index in [1.165, 1.54) is 11.8 Å². The summed E-state index contributed by atoms with van der Waals surface area (Å²) < 4.78 is 0. The number of nitrogens with one attached hydrogen (secondary N) is 2. The number of nitrogens with two attached hydrogens (primary N) is 2. The van der Waals surface area contributed by atoms with Crippen molar-refractivity contribution in [1.29, 1.82) is 0 Å². The van der Waals surface area contributed by atoms with Crippen LogP contribution in [0.15, 0.2) is 0 Å². The Hall–Kier alpha value is -2.73. The molecule has 0 bridgehead atoms. The number of amides is 4. The Bertz CT molecular complexity index is 625. The van der Waals surface area contributed by atoms with Gasteiger partial charge in [0.1, 0.15) is 18.1 Å². The number of carboxylic acid groups (broad SMARTS) is 1. The molecule has 1 saturated heterocycles. The van der Waals surface area contributed by atoms with Crippen molar-refractivity contribution in [3.05, 3.63) is 0 Å². The minimum Gasteiger partial charge on any atom is -0.480 e. The largest absolute Gasteiger partial charge is 0.480 e. The van der Waals surface area contributed by atoms with E-state index in [0.29, 0.717) is 19.4 Å². The molecule has 4 amide bonds. The lowest BCUT2D eigenvalue weighted by molar-refractivity contribution is -0.143. The maximum atomic E-state index is 12.3. The van der Waals surface area contributed by atoms with Gasteiger partial charge in [0.2, 0.25) is 23.6 Å². The van der Waals surface area contributed by atoms with Crippen molar-refractivity contribution in [2.75, 3.05) is 13.1 Å². The summed E-state index contributed by atoms with van der Waals surface area (Å²) in [5.41, 5.74) is 10.6. The van der Waals surface area contributed by atoms with Gasteiger partial charge in [0.25, 0.3) is 0 Å². The van der Waals surface area contributed by atoms with Crippen LogP contribution in [0.5, 0.6) is 0 Å². The average Bonchev–Trinajstić information content (AvgIpc) is 3.11. The summed E-state index contributed by atoms with van der Waals surface area (Å²) >= 11 is 0. The van der Waals surface area contributed by atoms with Gasteiger partial charge in [-0.2, -0.15) is 0 Å². The number of aliphatic carboxylic acids is 1. The van der Waals surface area contributed by atoms with Crippen molar-refractivity contribution >= 4 is 29.6 Å². The van der Waals surface area contributed by atoms with E-state index >= 15 is 0 Å². The summed E-state index contributed by atoms with van der Waals surface area (Å²) in [7, 11) is 0. The Balaban J connectivity index is 2.57. The van der Waals surface area contributed by atoms with Gasteiger partial charge in [-0.1, -0.05) is 0 Å². The zero-order chi connectivity index (χ0) is 21.4. The van der Waals surface area contributed by atoms with E-state index in [1.54, 1.807) is 0 Å². The summed E-state index contributed by atoms with van der Waals surface area (Å²) in [4.78, 5) is 59.6. The van der Waals surface area contributed by atoms with Crippen LogP contribution in [0.2, 0.25) is 0 Å². The first kappa shape index (κ1) is 23.3. The van der Waals surface area contributed by atoms with Crippen LogP contribution in [0.25, 0.3) is 0 Å². The van der Waals surface area contributed by atoms with Gasteiger partial charge in [0.05, 0.1) is 12.6 Å². The molecule has 4 atom stereocenters. The highest BCUT2D eigenvalue weighted by Crippen LogP contribution is 2.18. The van der Waals surface area contributed by atoms with Crippen LogP contribution in [-0.4, -0.2) is 82.0 Å². The van der Waals surface area contributed by atoms with Crippen LogP contribution in [0.1, 0.15) is 32.6 Å². The molecule has 0 aliphatic carbocycles. The summed E-state index contributed by atoms with van der Waals surface area (Å²) in [5.74, 6) is -3.94. The Morgan fingerprint density at radius 2 is 1.89 bits per heavy atom. The third kappa shape index (κ3) is 6.78. The number of aliphatic hydroxyl groups excluding tert-OH is 1. The molecule has 0 radical (unpaired) electrons. The van der Waals surface area contributed by atoms with Crippen molar-refractivity contribution in [2.45, 2.75) is 56.8 Å². The van der Waals surface area contributed by atoms with Crippen molar-refractivity contribution in [2.24, 2.45) is 11.5 Å². The SMILES string of the molecule is CC(O)C(N)C(=O)N1CCCC1C(=O)NCC(=O)NC(CCC(N)=O)C(=O)O. The van der Waals surface area contributed by atoms with E-state index in [1.807, 2.05) is 0 Å². The number of hydrogen-bond acceptors (Lipinski definition) is 7. The molecule has 0 spiro atoms. The zero-order valence-electron chi connectivity index (χ0n) is 15.6. The van der Waals surface area contributed by atoms with Crippen LogP contribution < -0.4 is 22.1 Å². The molecule has 4 unspecified atom stereocenters. The first-order chi connectivity index (χ1) is 13.0. The molecule has 1 fully saturated rings. The van der Waals surface area contributed by atoms with Crippen LogP contribution >= 0.6 is 0 Å². The van der Waals surface area contributed by atoms with E-state index in [9.17, 15) is 29.1 Å². The standard InChI is InChI=1S/C16H27N5O7/c1-8(22)13(18)15(26)21-6-2-3-10(21)14(25)19-7-12(24)20-9(16(27)28)4-5-11(17)23/h8-10,13,22H,2-7,18H2,1H3,(H2,17,23)(H,19,25)(H,20,24)(H,27,28). The fraction of sp³-hybridized carbons (Fsp3) is 0.688. The minimum absolute atomic E-state index is 0.174. The molecular weight excluding hydrogens is 374 g/mol. The Labute approximate surface area is 161 Å². The summed E-state index contributed by atoms with van der Waals surface area (Å²) in [5, 5.41) is 23.0. The lowest BCUT2D eigenvalue weighted by Gasteiger charge is -2.27. The van der Waals surface area contributed by atoms with Gasteiger partial charge in [-0.3, -0.25) is 19.2 Å². The molecule has 0 saturated carbocycles. The second kappa shape index (κ2) is 10.6. The smallest absolute Gasteiger partial charge is 0.326 e. The van der Waals surface area contributed by atoms with E-state index in [4.69, 9.17) is 16.6 Å². The number of aliphatic hydroxyl groups is 1. The third-order valence-corrected chi connectivity index (χ3v) is 4.38. The molecule has 0 aromatic carbocycles. The molecule has 1 aliphatic rings. The predicted octanol–water partition coefficient (Wildman–Crippen LogP) is -3.36. The lowest BCUT2D eigenvalue weighted by Crippen LogP contribution is -2.55. The molecule has 28 heavy (non-hydrogen) atoms. The molecule has 12 nitrogen and oxygen atoms in total. The molecule has 1 aliphatic heterocycles. The van der Waals surface area contributed by atoms with Crippen LogP contribution in [0.4, 0.5) is 0 Å². The fourth-order valence-electron chi connectivity index (χ4n) is 2.78. The van der Waals surface area contributed by atoms with Crippen LogP contribution in [0, 0.1) is 0 Å². The summed E-state index contributed by atoms with van der Waals surface area (Å²) in [6, 6.07) is -3.29. The number of primary amides is 1.